The number of rotatable bonds is 10. The number of allylic oxidation sites excluding steroid dienone is 1. The lowest BCUT2D eigenvalue weighted by atomic mass is 10.0. The number of amides is 1. The van der Waals surface area contributed by atoms with Gasteiger partial charge in [0, 0.05) is 0 Å². The van der Waals surface area contributed by atoms with Crippen molar-refractivity contribution in [2.24, 2.45) is 0 Å². The molecular weight excluding hydrogens is 282 g/mol. The molecule has 1 amide bonds. The molecule has 0 aromatic rings. The van der Waals surface area contributed by atoms with Crippen molar-refractivity contribution in [1.29, 1.82) is 0 Å². The Hall–Kier alpha value is -1.48. The van der Waals surface area contributed by atoms with Crippen LogP contribution in [-0.2, 0) is 9.59 Å². The van der Waals surface area contributed by atoms with Crippen LogP contribution in [0.3, 0.4) is 0 Å². The summed E-state index contributed by atoms with van der Waals surface area (Å²) in [6, 6.07) is 0. The average Bonchev–Trinajstić information content (AvgIpc) is 2.47. The zero-order chi connectivity index (χ0) is 16.4. The quantitative estimate of drug-likeness (QED) is 0.276. The van der Waals surface area contributed by atoms with E-state index in [1.165, 1.54) is 6.20 Å². The maximum absolute atomic E-state index is 11.5. The molecule has 0 bridgehead atoms. The van der Waals surface area contributed by atoms with Crippen LogP contribution in [0.1, 0.15) is 32.6 Å². The van der Waals surface area contributed by atoms with Gasteiger partial charge in [0.1, 0.15) is 12.2 Å². The minimum Gasteiger partial charge on any atom is -0.479 e. The van der Waals surface area contributed by atoms with Crippen LogP contribution < -0.4 is 5.32 Å². The Morgan fingerprint density at radius 1 is 1.05 bits per heavy atom. The van der Waals surface area contributed by atoms with Crippen molar-refractivity contribution < 1.29 is 35.1 Å². The number of carboxylic acids is 1. The maximum atomic E-state index is 11.5. The summed E-state index contributed by atoms with van der Waals surface area (Å²) in [5.41, 5.74) is 0. The van der Waals surface area contributed by atoms with Crippen LogP contribution in [0.15, 0.2) is 12.3 Å². The van der Waals surface area contributed by atoms with Gasteiger partial charge in [-0.1, -0.05) is 25.8 Å². The van der Waals surface area contributed by atoms with Crippen molar-refractivity contribution in [1.82, 2.24) is 5.32 Å². The highest BCUT2D eigenvalue weighted by Gasteiger charge is 2.37. The number of carbonyl (C=O) groups is 2. The summed E-state index contributed by atoms with van der Waals surface area (Å²) in [7, 11) is 0. The van der Waals surface area contributed by atoms with Crippen LogP contribution >= 0.6 is 0 Å². The number of carbonyl (C=O) groups excluding carboxylic acids is 1. The fourth-order valence-electron chi connectivity index (χ4n) is 1.50. The van der Waals surface area contributed by atoms with Gasteiger partial charge in [-0.05, 0) is 19.0 Å². The lowest BCUT2D eigenvalue weighted by molar-refractivity contribution is -0.166. The fraction of sp³-hybridized carbons (Fsp3) is 0.692. The number of aliphatic carboxylic acids is 1. The predicted molar refractivity (Wildman–Crippen MR) is 73.1 cm³/mol. The number of hydrogen-bond donors (Lipinski definition) is 6. The standard InChI is InChI=1S/C13H23NO7/c1-2-3-4-5-6-7-14-12(19)10(17)8(15)9(16)11(18)13(20)21/h6-11,15-18H,2-5H2,1H3,(H,14,19)(H,20,21)/t8-,9-,10+,11-/m1/s1. The van der Waals surface area contributed by atoms with Crippen LogP contribution in [0.25, 0.3) is 0 Å². The van der Waals surface area contributed by atoms with Crippen LogP contribution in [0.2, 0.25) is 0 Å². The second-order valence-corrected chi connectivity index (χ2v) is 4.62. The largest absolute Gasteiger partial charge is 0.479 e. The van der Waals surface area contributed by atoms with Crippen LogP contribution in [0.5, 0.6) is 0 Å². The molecule has 0 radical (unpaired) electrons. The molecule has 6 N–H and O–H groups in total. The summed E-state index contributed by atoms with van der Waals surface area (Å²) in [4.78, 5) is 21.9. The number of aliphatic hydroxyl groups excluding tert-OH is 4. The highest BCUT2D eigenvalue weighted by atomic mass is 16.4. The third kappa shape index (κ3) is 7.19. The number of carboxylic acid groups (broad SMARTS) is 1. The summed E-state index contributed by atoms with van der Waals surface area (Å²) in [5.74, 6) is -2.78. The average molecular weight is 305 g/mol. The molecule has 8 nitrogen and oxygen atoms in total. The molecule has 0 aliphatic heterocycles. The Morgan fingerprint density at radius 2 is 1.62 bits per heavy atom. The second-order valence-electron chi connectivity index (χ2n) is 4.62. The Morgan fingerprint density at radius 3 is 2.14 bits per heavy atom. The fourth-order valence-corrected chi connectivity index (χ4v) is 1.50. The molecule has 0 unspecified atom stereocenters. The smallest absolute Gasteiger partial charge is 0.335 e. The Kier molecular flexibility index (Phi) is 9.55. The molecule has 0 aromatic heterocycles. The van der Waals surface area contributed by atoms with E-state index in [0.717, 1.165) is 25.7 Å². The van der Waals surface area contributed by atoms with Crippen molar-refractivity contribution in [3.05, 3.63) is 12.3 Å². The van der Waals surface area contributed by atoms with E-state index in [1.54, 1.807) is 6.08 Å². The van der Waals surface area contributed by atoms with Gasteiger partial charge in [-0.15, -0.1) is 0 Å². The Balaban J connectivity index is 4.27. The summed E-state index contributed by atoms with van der Waals surface area (Å²) in [5, 5.41) is 47.9. The number of unbranched alkanes of at least 4 members (excludes halogenated alkanes) is 3. The molecule has 21 heavy (non-hydrogen) atoms. The van der Waals surface area contributed by atoms with Crippen LogP contribution in [0, 0.1) is 0 Å². The van der Waals surface area contributed by atoms with Gasteiger partial charge < -0.3 is 30.8 Å². The zero-order valence-electron chi connectivity index (χ0n) is 11.8. The van der Waals surface area contributed by atoms with Gasteiger partial charge in [-0.3, -0.25) is 4.79 Å². The Bertz CT molecular complexity index is 358. The number of aliphatic hydroxyl groups is 4. The van der Waals surface area contributed by atoms with E-state index in [0.29, 0.717) is 0 Å². The normalized spacial score (nSPS) is 17.2. The molecule has 0 spiro atoms. The van der Waals surface area contributed by atoms with Crippen molar-refractivity contribution in [2.45, 2.75) is 57.0 Å². The van der Waals surface area contributed by atoms with Crippen molar-refractivity contribution in [3.63, 3.8) is 0 Å². The second kappa shape index (κ2) is 10.3. The summed E-state index contributed by atoms with van der Waals surface area (Å²) >= 11 is 0. The Labute approximate surface area is 122 Å². The van der Waals surface area contributed by atoms with Crippen LogP contribution in [0.4, 0.5) is 0 Å². The minimum absolute atomic E-state index is 0.743. The lowest BCUT2D eigenvalue weighted by Crippen LogP contribution is -2.52. The molecule has 0 aliphatic rings. The predicted octanol–water partition coefficient (Wildman–Crippen LogP) is -1.28. The van der Waals surface area contributed by atoms with Gasteiger partial charge in [0.05, 0.1) is 0 Å². The zero-order valence-corrected chi connectivity index (χ0v) is 11.8. The van der Waals surface area contributed by atoms with Crippen molar-refractivity contribution >= 4 is 11.9 Å². The molecule has 0 fully saturated rings. The highest BCUT2D eigenvalue weighted by molar-refractivity contribution is 5.82. The highest BCUT2D eigenvalue weighted by Crippen LogP contribution is 2.06. The monoisotopic (exact) mass is 305 g/mol. The molecule has 0 rings (SSSR count). The van der Waals surface area contributed by atoms with E-state index in [-0.39, 0.29) is 0 Å². The van der Waals surface area contributed by atoms with Gasteiger partial charge in [-0.2, -0.15) is 0 Å². The van der Waals surface area contributed by atoms with E-state index in [4.69, 9.17) is 10.2 Å². The van der Waals surface area contributed by atoms with Gasteiger partial charge in [-0.25, -0.2) is 4.79 Å². The molecule has 4 atom stereocenters. The summed E-state index contributed by atoms with van der Waals surface area (Å²) in [6.45, 7) is 2.06. The van der Waals surface area contributed by atoms with Crippen molar-refractivity contribution in [3.8, 4) is 0 Å². The first kappa shape index (κ1) is 19.5. The van der Waals surface area contributed by atoms with Gasteiger partial charge in [0.25, 0.3) is 5.91 Å². The molecule has 0 saturated carbocycles. The third-order valence-corrected chi connectivity index (χ3v) is 2.84. The number of hydrogen-bond acceptors (Lipinski definition) is 6. The SMILES string of the molecule is CCCCCC=CNC(=O)[C@@H](O)[C@H](O)[C@@H](O)[C@@H](O)C(=O)O. The molecular formula is C13H23NO7. The minimum atomic E-state index is -2.30. The van der Waals surface area contributed by atoms with E-state index in [9.17, 15) is 24.9 Å². The van der Waals surface area contributed by atoms with Gasteiger partial charge >= 0.3 is 5.97 Å². The molecule has 0 heterocycles. The molecule has 0 saturated heterocycles. The van der Waals surface area contributed by atoms with Gasteiger partial charge in [0.15, 0.2) is 12.2 Å². The molecule has 0 aliphatic carbocycles. The van der Waals surface area contributed by atoms with E-state index in [1.807, 2.05) is 0 Å². The first-order valence-corrected chi connectivity index (χ1v) is 6.73. The first-order chi connectivity index (χ1) is 9.82. The third-order valence-electron chi connectivity index (χ3n) is 2.84. The number of nitrogens with one attached hydrogen (secondary N) is 1. The topological polar surface area (TPSA) is 147 Å². The lowest BCUT2D eigenvalue weighted by Gasteiger charge is -2.23. The first-order valence-electron chi connectivity index (χ1n) is 6.73. The maximum Gasteiger partial charge on any atom is 0.335 e. The molecule has 8 heteroatoms. The molecule has 0 aromatic carbocycles. The van der Waals surface area contributed by atoms with E-state index >= 15 is 0 Å². The van der Waals surface area contributed by atoms with Crippen molar-refractivity contribution in [2.75, 3.05) is 0 Å². The summed E-state index contributed by atoms with van der Waals surface area (Å²) < 4.78 is 0. The van der Waals surface area contributed by atoms with E-state index < -0.39 is 36.3 Å². The summed E-state index contributed by atoms with van der Waals surface area (Å²) in [6.07, 6.45) is -1.87. The molecule has 122 valence electrons. The van der Waals surface area contributed by atoms with E-state index in [2.05, 4.69) is 12.2 Å². The van der Waals surface area contributed by atoms with Gasteiger partial charge in [0.2, 0.25) is 0 Å². The van der Waals surface area contributed by atoms with Crippen LogP contribution in [-0.4, -0.2) is 61.8 Å².